The summed E-state index contributed by atoms with van der Waals surface area (Å²) in [6.45, 7) is 4.18. The topological polar surface area (TPSA) is 66.5 Å². The number of nitrogens with one attached hydrogen (secondary N) is 1. The molecule has 2 rings (SSSR count). The fourth-order valence-corrected chi connectivity index (χ4v) is 2.31. The van der Waals surface area contributed by atoms with Crippen molar-refractivity contribution >= 4 is 15.9 Å². The molecule has 1 amide bonds. The Morgan fingerprint density at radius 2 is 2.00 bits per heavy atom. The molecule has 2 fully saturated rings. The molecule has 0 unspecified atom stereocenters. The van der Waals surface area contributed by atoms with Gasteiger partial charge in [-0.25, -0.2) is 13.1 Å². The lowest BCUT2D eigenvalue weighted by Crippen LogP contribution is -2.60. The first-order chi connectivity index (χ1) is 7.02. The van der Waals surface area contributed by atoms with Crippen LogP contribution >= 0.6 is 0 Å². The fourth-order valence-electron chi connectivity index (χ4n) is 1.60. The molecule has 1 aliphatic carbocycles. The molecule has 0 spiro atoms. The normalized spacial score (nSPS) is 22.3. The Morgan fingerprint density at radius 3 is 2.47 bits per heavy atom. The summed E-state index contributed by atoms with van der Waals surface area (Å²) < 4.78 is 24.6. The molecule has 2 aliphatic rings. The van der Waals surface area contributed by atoms with Gasteiger partial charge in [0, 0.05) is 24.4 Å². The van der Waals surface area contributed by atoms with Crippen LogP contribution in [0.4, 0.5) is 0 Å². The molecule has 84 valence electrons. The summed E-state index contributed by atoms with van der Waals surface area (Å²) in [5, 5.41) is 0.887. The Morgan fingerprint density at radius 1 is 1.40 bits per heavy atom. The molecule has 0 radical (unpaired) electrons. The number of hydrogen-bond acceptors (Lipinski definition) is 3. The van der Waals surface area contributed by atoms with Gasteiger partial charge >= 0.3 is 0 Å². The van der Waals surface area contributed by atoms with Crippen LogP contribution in [0.5, 0.6) is 0 Å². The monoisotopic (exact) mass is 230 g/mol. The molecule has 1 saturated heterocycles. The maximum absolute atomic E-state index is 11.5. The van der Waals surface area contributed by atoms with Crippen LogP contribution in [0, 0.1) is 5.92 Å². The standard InChI is InChI=1S/C9H14N2O3S/c1-2-15(13,14)10-8-5-11(6-8)9(12)7-3-4-7/h2,7-8,10H,1,3-6H2. The van der Waals surface area contributed by atoms with E-state index < -0.39 is 10.0 Å². The van der Waals surface area contributed by atoms with Crippen LogP contribution in [-0.2, 0) is 14.8 Å². The third-order valence-corrected chi connectivity index (χ3v) is 3.77. The van der Waals surface area contributed by atoms with Crippen molar-refractivity contribution in [2.75, 3.05) is 13.1 Å². The second kappa shape index (κ2) is 3.61. The lowest BCUT2D eigenvalue weighted by atomic mass is 10.1. The van der Waals surface area contributed by atoms with Crippen molar-refractivity contribution in [2.24, 2.45) is 5.92 Å². The van der Waals surface area contributed by atoms with Crippen molar-refractivity contribution in [3.63, 3.8) is 0 Å². The quantitative estimate of drug-likeness (QED) is 0.719. The third-order valence-electron chi connectivity index (χ3n) is 2.67. The van der Waals surface area contributed by atoms with E-state index in [-0.39, 0.29) is 17.9 Å². The van der Waals surface area contributed by atoms with Crippen LogP contribution in [0.3, 0.4) is 0 Å². The number of likely N-dealkylation sites (tertiary alicyclic amines) is 1. The number of nitrogens with zero attached hydrogens (tertiary/aromatic N) is 1. The maximum Gasteiger partial charge on any atom is 0.233 e. The van der Waals surface area contributed by atoms with Gasteiger partial charge in [-0.1, -0.05) is 6.58 Å². The highest BCUT2D eigenvalue weighted by Crippen LogP contribution is 2.32. The Kier molecular flexibility index (Phi) is 2.56. The van der Waals surface area contributed by atoms with Gasteiger partial charge in [0.2, 0.25) is 15.9 Å². The Hall–Kier alpha value is -0.880. The Balaban J connectivity index is 1.78. The van der Waals surface area contributed by atoms with Gasteiger partial charge in [0.25, 0.3) is 0 Å². The minimum absolute atomic E-state index is 0.143. The van der Waals surface area contributed by atoms with Crippen LogP contribution in [0.15, 0.2) is 12.0 Å². The molecule has 1 saturated carbocycles. The number of sulfonamides is 1. The molecule has 0 aromatic carbocycles. The zero-order chi connectivity index (χ0) is 11.1. The summed E-state index contributed by atoms with van der Waals surface area (Å²) in [7, 11) is -3.36. The first kappa shape index (κ1) is 10.6. The predicted molar refractivity (Wildman–Crippen MR) is 55.3 cm³/mol. The van der Waals surface area contributed by atoms with Crippen molar-refractivity contribution in [3.8, 4) is 0 Å². The van der Waals surface area contributed by atoms with Gasteiger partial charge in [-0.15, -0.1) is 0 Å². The van der Waals surface area contributed by atoms with Gasteiger partial charge in [-0.2, -0.15) is 0 Å². The van der Waals surface area contributed by atoms with Gasteiger partial charge in [-0.3, -0.25) is 4.79 Å². The van der Waals surface area contributed by atoms with Gasteiger partial charge < -0.3 is 4.90 Å². The van der Waals surface area contributed by atoms with E-state index in [1.54, 1.807) is 4.90 Å². The predicted octanol–water partition coefficient (Wildman–Crippen LogP) is -0.330. The molecule has 0 aromatic heterocycles. The fraction of sp³-hybridized carbons (Fsp3) is 0.667. The molecule has 6 heteroatoms. The summed E-state index contributed by atoms with van der Waals surface area (Å²) in [6.07, 6.45) is 1.97. The second-order valence-electron chi connectivity index (χ2n) is 4.04. The first-order valence-corrected chi connectivity index (χ1v) is 6.50. The van der Waals surface area contributed by atoms with Crippen LogP contribution in [0.2, 0.25) is 0 Å². The molecule has 5 nitrogen and oxygen atoms in total. The van der Waals surface area contributed by atoms with Gasteiger partial charge in [0.05, 0.1) is 6.04 Å². The van der Waals surface area contributed by atoms with E-state index in [0.717, 1.165) is 18.2 Å². The van der Waals surface area contributed by atoms with Crippen molar-refractivity contribution in [1.82, 2.24) is 9.62 Å². The van der Waals surface area contributed by atoms with Crippen molar-refractivity contribution < 1.29 is 13.2 Å². The molecule has 1 heterocycles. The number of rotatable bonds is 4. The van der Waals surface area contributed by atoms with Crippen LogP contribution < -0.4 is 4.72 Å². The SMILES string of the molecule is C=CS(=O)(=O)NC1CN(C(=O)C2CC2)C1. The van der Waals surface area contributed by atoms with Gasteiger partial charge in [0.15, 0.2) is 0 Å². The van der Waals surface area contributed by atoms with Crippen LogP contribution in [0.1, 0.15) is 12.8 Å². The highest BCUT2D eigenvalue weighted by molar-refractivity contribution is 7.92. The van der Waals surface area contributed by atoms with Crippen LogP contribution in [0.25, 0.3) is 0 Å². The molecule has 0 bridgehead atoms. The average molecular weight is 230 g/mol. The van der Waals surface area contributed by atoms with E-state index in [1.807, 2.05) is 0 Å². The summed E-state index contributed by atoms with van der Waals surface area (Å²) in [5.41, 5.74) is 0. The summed E-state index contributed by atoms with van der Waals surface area (Å²) in [4.78, 5) is 13.2. The molecule has 15 heavy (non-hydrogen) atoms. The zero-order valence-electron chi connectivity index (χ0n) is 8.35. The minimum Gasteiger partial charge on any atom is -0.339 e. The van der Waals surface area contributed by atoms with Crippen molar-refractivity contribution in [3.05, 3.63) is 12.0 Å². The van der Waals surface area contributed by atoms with Crippen LogP contribution in [-0.4, -0.2) is 38.4 Å². The average Bonchev–Trinajstić information content (AvgIpc) is 2.92. The molecular formula is C9H14N2O3S. The molecule has 1 aliphatic heterocycles. The lowest BCUT2D eigenvalue weighted by Gasteiger charge is -2.39. The van der Waals surface area contributed by atoms with E-state index in [1.165, 1.54) is 0 Å². The number of hydrogen-bond donors (Lipinski definition) is 1. The molecule has 0 aromatic rings. The highest BCUT2D eigenvalue weighted by atomic mass is 32.2. The molecular weight excluding hydrogens is 216 g/mol. The van der Waals surface area contributed by atoms with Gasteiger partial charge in [0.1, 0.15) is 0 Å². The highest BCUT2D eigenvalue weighted by Gasteiger charge is 2.39. The van der Waals surface area contributed by atoms with Gasteiger partial charge in [-0.05, 0) is 12.8 Å². The lowest BCUT2D eigenvalue weighted by molar-refractivity contribution is -0.137. The number of carbonyl (C=O) groups is 1. The summed E-state index contributed by atoms with van der Waals surface area (Å²) in [5.74, 6) is 0.381. The van der Waals surface area contributed by atoms with E-state index in [9.17, 15) is 13.2 Å². The Labute approximate surface area is 89.2 Å². The van der Waals surface area contributed by atoms with E-state index in [4.69, 9.17) is 0 Å². The number of amides is 1. The van der Waals surface area contributed by atoms with E-state index >= 15 is 0 Å². The summed E-state index contributed by atoms with van der Waals surface area (Å²) >= 11 is 0. The second-order valence-corrected chi connectivity index (χ2v) is 5.70. The van der Waals surface area contributed by atoms with Crippen molar-refractivity contribution in [1.29, 1.82) is 0 Å². The molecule has 0 atom stereocenters. The first-order valence-electron chi connectivity index (χ1n) is 4.95. The van der Waals surface area contributed by atoms with E-state index in [2.05, 4.69) is 11.3 Å². The maximum atomic E-state index is 11.5. The summed E-state index contributed by atoms with van der Waals surface area (Å²) in [6, 6.07) is -0.143. The van der Waals surface area contributed by atoms with Crippen molar-refractivity contribution in [2.45, 2.75) is 18.9 Å². The zero-order valence-corrected chi connectivity index (χ0v) is 9.16. The minimum atomic E-state index is -3.36. The Bertz CT molecular complexity index is 380. The largest absolute Gasteiger partial charge is 0.339 e. The smallest absolute Gasteiger partial charge is 0.233 e. The molecule has 1 N–H and O–H groups in total. The number of carbonyl (C=O) groups excluding carboxylic acids is 1. The third kappa shape index (κ3) is 2.38. The van der Waals surface area contributed by atoms with E-state index in [0.29, 0.717) is 13.1 Å².